The third-order valence-electron chi connectivity index (χ3n) is 2.46. The molecule has 2 N–H and O–H groups in total. The van der Waals surface area contributed by atoms with Crippen LogP contribution in [0, 0.1) is 0 Å². The smallest absolute Gasteiger partial charge is 0.349 e. The Kier molecular flexibility index (Phi) is 4.01. The van der Waals surface area contributed by atoms with Crippen molar-refractivity contribution in [1.29, 1.82) is 0 Å². The van der Waals surface area contributed by atoms with Crippen molar-refractivity contribution in [3.05, 3.63) is 29.3 Å². The van der Waals surface area contributed by atoms with E-state index < -0.39 is 0 Å². The second kappa shape index (κ2) is 5.71. The Hall–Kier alpha value is -2.08. The lowest BCUT2D eigenvalue weighted by Gasteiger charge is -2.08. The van der Waals surface area contributed by atoms with E-state index in [1.54, 1.807) is 20.1 Å². The first-order valence-electron chi connectivity index (χ1n) is 5.73. The van der Waals surface area contributed by atoms with Gasteiger partial charge in [-0.25, -0.2) is 9.78 Å². The van der Waals surface area contributed by atoms with Gasteiger partial charge in [0.05, 0.1) is 31.2 Å². The molecular weight excluding hydrogens is 264 g/mol. The molecular formula is C13H14N2O3S. The Morgan fingerprint density at radius 3 is 2.95 bits per heavy atom. The molecule has 1 aromatic carbocycles. The molecule has 0 spiro atoms. The molecule has 0 saturated heterocycles. The Bertz CT molecular complexity index is 595. The first kappa shape index (κ1) is 13.4. The standard InChI is InChI=1S/C13H14N2O3S/c1-3-18-13(16)10-7-15-12(19-10)8-5-4-6-9(14)11(8)17-2/h4-7H,3,14H2,1-2H3. The van der Waals surface area contributed by atoms with Gasteiger partial charge in [-0.2, -0.15) is 0 Å². The number of aromatic nitrogens is 1. The predicted molar refractivity (Wildman–Crippen MR) is 74.5 cm³/mol. The maximum Gasteiger partial charge on any atom is 0.349 e. The number of thiazole rings is 1. The van der Waals surface area contributed by atoms with Crippen molar-refractivity contribution in [1.82, 2.24) is 4.98 Å². The first-order valence-corrected chi connectivity index (χ1v) is 6.54. The van der Waals surface area contributed by atoms with Crippen LogP contribution >= 0.6 is 11.3 Å². The van der Waals surface area contributed by atoms with Gasteiger partial charge in [-0.1, -0.05) is 6.07 Å². The van der Waals surface area contributed by atoms with E-state index in [0.717, 1.165) is 5.56 Å². The van der Waals surface area contributed by atoms with Crippen molar-refractivity contribution in [2.75, 3.05) is 19.5 Å². The number of hydrogen-bond acceptors (Lipinski definition) is 6. The summed E-state index contributed by atoms with van der Waals surface area (Å²) >= 11 is 1.25. The van der Waals surface area contributed by atoms with Gasteiger partial charge in [0.1, 0.15) is 9.88 Å². The number of nitrogen functional groups attached to an aromatic ring is 1. The number of rotatable bonds is 4. The van der Waals surface area contributed by atoms with Crippen molar-refractivity contribution in [2.45, 2.75) is 6.92 Å². The lowest BCUT2D eigenvalue weighted by atomic mass is 10.2. The molecule has 0 aliphatic rings. The second-order valence-corrected chi connectivity index (χ2v) is 4.71. The molecule has 1 heterocycles. The van der Waals surface area contributed by atoms with Gasteiger partial charge < -0.3 is 15.2 Å². The quantitative estimate of drug-likeness (QED) is 0.687. The molecule has 0 aliphatic heterocycles. The summed E-state index contributed by atoms with van der Waals surface area (Å²) in [6, 6.07) is 5.42. The van der Waals surface area contributed by atoms with Gasteiger partial charge >= 0.3 is 5.97 Å². The van der Waals surface area contributed by atoms with Crippen molar-refractivity contribution < 1.29 is 14.3 Å². The zero-order valence-electron chi connectivity index (χ0n) is 10.7. The number of carbonyl (C=O) groups is 1. The highest BCUT2D eigenvalue weighted by Crippen LogP contribution is 2.36. The number of esters is 1. The Labute approximate surface area is 115 Å². The van der Waals surface area contributed by atoms with E-state index in [1.807, 2.05) is 12.1 Å². The molecule has 0 atom stereocenters. The van der Waals surface area contributed by atoms with E-state index >= 15 is 0 Å². The van der Waals surface area contributed by atoms with Crippen LogP contribution in [0.2, 0.25) is 0 Å². The minimum atomic E-state index is -0.367. The number of hydrogen-bond donors (Lipinski definition) is 1. The number of anilines is 1. The fraction of sp³-hybridized carbons (Fsp3) is 0.231. The summed E-state index contributed by atoms with van der Waals surface area (Å²) in [5.74, 6) is 0.196. The van der Waals surface area contributed by atoms with Crippen LogP contribution < -0.4 is 10.5 Å². The van der Waals surface area contributed by atoms with E-state index in [2.05, 4.69) is 4.98 Å². The average molecular weight is 278 g/mol. The second-order valence-electron chi connectivity index (χ2n) is 3.68. The molecule has 0 amide bonds. The number of benzene rings is 1. The fourth-order valence-corrected chi connectivity index (χ4v) is 2.48. The highest BCUT2D eigenvalue weighted by Gasteiger charge is 2.16. The van der Waals surface area contributed by atoms with Crippen molar-refractivity contribution >= 4 is 23.0 Å². The van der Waals surface area contributed by atoms with Crippen LogP contribution in [0.5, 0.6) is 5.75 Å². The topological polar surface area (TPSA) is 74.4 Å². The van der Waals surface area contributed by atoms with Gasteiger partial charge in [-0.05, 0) is 19.1 Å². The number of para-hydroxylation sites is 1. The summed E-state index contributed by atoms with van der Waals surface area (Å²) in [5, 5.41) is 0.673. The Morgan fingerprint density at radius 1 is 1.47 bits per heavy atom. The third-order valence-corrected chi connectivity index (χ3v) is 3.47. The van der Waals surface area contributed by atoms with Crippen LogP contribution in [-0.4, -0.2) is 24.7 Å². The number of carbonyl (C=O) groups excluding carboxylic acids is 1. The molecule has 5 nitrogen and oxygen atoms in total. The molecule has 19 heavy (non-hydrogen) atoms. The minimum absolute atomic E-state index is 0.341. The maximum atomic E-state index is 11.6. The molecule has 0 aliphatic carbocycles. The molecule has 0 fully saturated rings. The monoisotopic (exact) mass is 278 g/mol. The summed E-state index contributed by atoms with van der Waals surface area (Å²) in [7, 11) is 1.55. The van der Waals surface area contributed by atoms with Crippen LogP contribution in [0.25, 0.3) is 10.6 Å². The Morgan fingerprint density at radius 2 is 2.26 bits per heavy atom. The summed E-state index contributed by atoms with van der Waals surface area (Å²) < 4.78 is 10.2. The van der Waals surface area contributed by atoms with Gasteiger partial charge in [0.25, 0.3) is 0 Å². The van der Waals surface area contributed by atoms with Crippen LogP contribution in [0.1, 0.15) is 16.6 Å². The average Bonchev–Trinajstić information content (AvgIpc) is 2.88. The fourth-order valence-electron chi connectivity index (χ4n) is 1.65. The molecule has 1 aromatic heterocycles. The summed E-state index contributed by atoms with van der Waals surface area (Å²) in [5.41, 5.74) is 7.15. The van der Waals surface area contributed by atoms with Crippen molar-refractivity contribution in [3.8, 4) is 16.3 Å². The highest BCUT2D eigenvalue weighted by atomic mass is 32.1. The first-order chi connectivity index (χ1) is 9.17. The summed E-state index contributed by atoms with van der Waals surface area (Å²) in [4.78, 5) is 16.3. The zero-order valence-corrected chi connectivity index (χ0v) is 11.5. The van der Waals surface area contributed by atoms with Gasteiger partial charge in [0.15, 0.2) is 5.75 Å². The molecule has 0 bridgehead atoms. The van der Waals surface area contributed by atoms with Crippen molar-refractivity contribution in [2.24, 2.45) is 0 Å². The molecule has 2 aromatic rings. The lowest BCUT2D eigenvalue weighted by molar-refractivity contribution is 0.0532. The van der Waals surface area contributed by atoms with Gasteiger partial charge in [-0.15, -0.1) is 11.3 Å². The molecule has 0 radical (unpaired) electrons. The van der Waals surface area contributed by atoms with Crippen LogP contribution in [-0.2, 0) is 4.74 Å². The van der Waals surface area contributed by atoms with E-state index in [-0.39, 0.29) is 5.97 Å². The zero-order chi connectivity index (χ0) is 13.8. The molecule has 0 saturated carbocycles. The number of nitrogens with two attached hydrogens (primary N) is 1. The molecule has 0 unspecified atom stereocenters. The van der Waals surface area contributed by atoms with Crippen molar-refractivity contribution in [3.63, 3.8) is 0 Å². The van der Waals surface area contributed by atoms with Gasteiger partial charge in [0.2, 0.25) is 0 Å². The van der Waals surface area contributed by atoms with Gasteiger partial charge in [-0.3, -0.25) is 0 Å². The lowest BCUT2D eigenvalue weighted by Crippen LogP contribution is -2.01. The minimum Gasteiger partial charge on any atom is -0.494 e. The van der Waals surface area contributed by atoms with Crippen LogP contribution in [0.3, 0.4) is 0 Å². The van der Waals surface area contributed by atoms with E-state index in [0.29, 0.717) is 27.9 Å². The largest absolute Gasteiger partial charge is 0.494 e. The van der Waals surface area contributed by atoms with E-state index in [1.165, 1.54) is 17.5 Å². The Balaban J connectivity index is 2.38. The third kappa shape index (κ3) is 2.68. The normalized spacial score (nSPS) is 10.2. The number of nitrogens with zero attached hydrogens (tertiary/aromatic N) is 1. The highest BCUT2D eigenvalue weighted by molar-refractivity contribution is 7.16. The number of ether oxygens (including phenoxy) is 2. The van der Waals surface area contributed by atoms with Crippen LogP contribution in [0.4, 0.5) is 5.69 Å². The molecule has 6 heteroatoms. The number of methoxy groups -OCH3 is 1. The SMILES string of the molecule is CCOC(=O)c1cnc(-c2cccc(N)c2OC)s1. The summed E-state index contributed by atoms with van der Waals surface area (Å²) in [6.45, 7) is 2.11. The molecule has 2 rings (SSSR count). The maximum absolute atomic E-state index is 11.6. The van der Waals surface area contributed by atoms with E-state index in [9.17, 15) is 4.79 Å². The van der Waals surface area contributed by atoms with Crippen LogP contribution in [0.15, 0.2) is 24.4 Å². The summed E-state index contributed by atoms with van der Waals surface area (Å²) in [6.07, 6.45) is 1.50. The predicted octanol–water partition coefficient (Wildman–Crippen LogP) is 2.58. The van der Waals surface area contributed by atoms with Gasteiger partial charge in [0, 0.05) is 0 Å². The molecule has 100 valence electrons. The van der Waals surface area contributed by atoms with E-state index in [4.69, 9.17) is 15.2 Å².